The summed E-state index contributed by atoms with van der Waals surface area (Å²) in [6, 6.07) is 0.509. The summed E-state index contributed by atoms with van der Waals surface area (Å²) < 4.78 is 12.2. The molecule has 15 heavy (non-hydrogen) atoms. The highest BCUT2D eigenvalue weighted by molar-refractivity contribution is 7.85. The van der Waals surface area contributed by atoms with Crippen molar-refractivity contribution in [2.24, 2.45) is 17.8 Å². The minimum absolute atomic E-state index is 0.408. The Morgan fingerprint density at radius 1 is 1.13 bits per heavy atom. The first-order valence-corrected chi connectivity index (χ1v) is 7.56. The zero-order chi connectivity index (χ0) is 11.0. The monoisotopic (exact) mass is 229 g/mol. The molecule has 6 unspecified atom stereocenters. The Kier molecular flexibility index (Phi) is 3.51. The Morgan fingerprint density at radius 3 is 2.60 bits per heavy atom. The van der Waals surface area contributed by atoms with E-state index in [1.54, 1.807) is 0 Å². The molecular formula is C12H23NOS. The first-order chi connectivity index (χ1) is 7.08. The Hall–Kier alpha value is 0.110. The van der Waals surface area contributed by atoms with Gasteiger partial charge in [-0.05, 0) is 37.1 Å². The highest BCUT2D eigenvalue weighted by Crippen LogP contribution is 2.33. The quantitative estimate of drug-likeness (QED) is 0.686. The average Bonchev–Trinajstić information content (AvgIpc) is 2.25. The molecule has 1 heterocycles. The topological polar surface area (TPSA) is 29.1 Å². The van der Waals surface area contributed by atoms with Gasteiger partial charge in [-0.2, -0.15) is 0 Å². The van der Waals surface area contributed by atoms with Crippen LogP contribution in [0.2, 0.25) is 0 Å². The Bertz CT molecular complexity index is 256. The van der Waals surface area contributed by atoms with E-state index in [-0.39, 0.29) is 0 Å². The molecule has 0 radical (unpaired) electrons. The van der Waals surface area contributed by atoms with Crippen LogP contribution >= 0.6 is 0 Å². The number of rotatable bonds is 0. The van der Waals surface area contributed by atoms with Crippen LogP contribution in [-0.4, -0.2) is 27.8 Å². The summed E-state index contributed by atoms with van der Waals surface area (Å²) in [4.78, 5) is 0. The lowest BCUT2D eigenvalue weighted by Gasteiger charge is -2.38. The zero-order valence-corrected chi connectivity index (χ0v) is 10.8. The first-order valence-electron chi connectivity index (χ1n) is 6.18. The fourth-order valence-corrected chi connectivity index (χ4v) is 5.38. The van der Waals surface area contributed by atoms with Crippen LogP contribution in [0.25, 0.3) is 0 Å². The molecule has 0 spiro atoms. The third kappa shape index (κ3) is 2.44. The highest BCUT2D eigenvalue weighted by atomic mass is 32.2. The normalized spacial score (nSPS) is 51.9. The third-order valence-corrected chi connectivity index (χ3v) is 6.17. The molecule has 2 fully saturated rings. The molecule has 1 aliphatic carbocycles. The van der Waals surface area contributed by atoms with Gasteiger partial charge in [-0.15, -0.1) is 0 Å². The van der Waals surface area contributed by atoms with Crippen LogP contribution in [0.15, 0.2) is 0 Å². The van der Waals surface area contributed by atoms with Gasteiger partial charge < -0.3 is 5.32 Å². The van der Waals surface area contributed by atoms with Gasteiger partial charge in [0.15, 0.2) is 0 Å². The summed E-state index contributed by atoms with van der Waals surface area (Å²) in [6.45, 7) is 7.86. The molecule has 1 saturated carbocycles. The van der Waals surface area contributed by atoms with E-state index in [0.717, 1.165) is 18.2 Å². The van der Waals surface area contributed by atoms with Crippen LogP contribution in [0, 0.1) is 17.8 Å². The highest BCUT2D eigenvalue weighted by Gasteiger charge is 2.39. The minimum atomic E-state index is -0.612. The molecule has 88 valence electrons. The van der Waals surface area contributed by atoms with Crippen molar-refractivity contribution in [1.82, 2.24) is 5.32 Å². The molecule has 0 bridgehead atoms. The molecule has 0 aromatic carbocycles. The van der Waals surface area contributed by atoms with E-state index in [4.69, 9.17) is 0 Å². The largest absolute Gasteiger partial charge is 0.312 e. The van der Waals surface area contributed by atoms with Gasteiger partial charge >= 0.3 is 0 Å². The SMILES string of the molecule is CC1CC(C)C2C(C1)NCC(C)CS2=O. The van der Waals surface area contributed by atoms with Crippen LogP contribution in [-0.2, 0) is 10.8 Å². The van der Waals surface area contributed by atoms with Gasteiger partial charge in [0.2, 0.25) is 0 Å². The van der Waals surface area contributed by atoms with Crippen molar-refractivity contribution in [3.05, 3.63) is 0 Å². The molecule has 3 heteroatoms. The van der Waals surface area contributed by atoms with Crippen LogP contribution in [0.3, 0.4) is 0 Å². The Morgan fingerprint density at radius 2 is 1.87 bits per heavy atom. The molecule has 2 nitrogen and oxygen atoms in total. The zero-order valence-electron chi connectivity index (χ0n) is 10.0. The molecule has 2 aliphatic rings. The number of nitrogens with one attached hydrogen (secondary N) is 1. The molecule has 1 saturated heterocycles. The van der Waals surface area contributed by atoms with Crippen molar-refractivity contribution in [1.29, 1.82) is 0 Å². The van der Waals surface area contributed by atoms with E-state index < -0.39 is 10.8 Å². The predicted molar refractivity (Wildman–Crippen MR) is 65.3 cm³/mol. The standard InChI is InChI=1S/C12H23NOS/c1-8-4-10(3)12-11(5-8)13-6-9(2)7-15(12)14/h8-13H,4-7H2,1-3H3. The van der Waals surface area contributed by atoms with Crippen LogP contribution in [0.4, 0.5) is 0 Å². The summed E-state index contributed by atoms with van der Waals surface area (Å²) in [5, 5.41) is 4.04. The van der Waals surface area contributed by atoms with E-state index >= 15 is 0 Å². The molecule has 2 rings (SSSR count). The molecular weight excluding hydrogens is 206 g/mol. The van der Waals surface area contributed by atoms with E-state index in [0.29, 0.717) is 23.1 Å². The molecule has 1 N–H and O–H groups in total. The van der Waals surface area contributed by atoms with Crippen LogP contribution in [0.1, 0.15) is 33.6 Å². The third-order valence-electron chi connectivity index (χ3n) is 3.87. The predicted octanol–water partition coefficient (Wildman–Crippen LogP) is 1.78. The van der Waals surface area contributed by atoms with E-state index in [9.17, 15) is 4.21 Å². The van der Waals surface area contributed by atoms with Gasteiger partial charge in [-0.1, -0.05) is 20.8 Å². The van der Waals surface area contributed by atoms with Gasteiger partial charge in [0.25, 0.3) is 0 Å². The van der Waals surface area contributed by atoms with Gasteiger partial charge in [-0.25, -0.2) is 0 Å². The molecule has 6 atom stereocenters. The summed E-state index contributed by atoms with van der Waals surface area (Å²) in [5.41, 5.74) is 0. The minimum Gasteiger partial charge on any atom is -0.312 e. The van der Waals surface area contributed by atoms with Gasteiger partial charge in [0.1, 0.15) is 0 Å². The van der Waals surface area contributed by atoms with Crippen molar-refractivity contribution in [3.8, 4) is 0 Å². The number of hydrogen-bond acceptors (Lipinski definition) is 2. The lowest BCUT2D eigenvalue weighted by Crippen LogP contribution is -2.48. The molecule has 0 amide bonds. The molecule has 1 aliphatic heterocycles. The van der Waals surface area contributed by atoms with Crippen LogP contribution in [0.5, 0.6) is 0 Å². The average molecular weight is 229 g/mol. The summed E-state index contributed by atoms with van der Waals surface area (Å²) in [6.07, 6.45) is 2.47. The Labute approximate surface area is 95.7 Å². The van der Waals surface area contributed by atoms with Gasteiger partial charge in [0, 0.05) is 22.6 Å². The van der Waals surface area contributed by atoms with Crippen molar-refractivity contribution in [2.45, 2.75) is 44.9 Å². The maximum atomic E-state index is 12.2. The second-order valence-corrected chi connectivity index (χ2v) is 7.32. The Balaban J connectivity index is 2.15. The van der Waals surface area contributed by atoms with E-state index in [1.807, 2.05) is 0 Å². The number of fused-ring (bicyclic) bond motifs is 1. The molecule has 0 aromatic heterocycles. The summed E-state index contributed by atoms with van der Waals surface area (Å²) in [5.74, 6) is 2.88. The fourth-order valence-electron chi connectivity index (χ4n) is 3.27. The van der Waals surface area contributed by atoms with Gasteiger partial charge in [-0.3, -0.25) is 4.21 Å². The summed E-state index contributed by atoms with van der Waals surface area (Å²) >= 11 is 0. The maximum Gasteiger partial charge on any atom is 0.0527 e. The smallest absolute Gasteiger partial charge is 0.0527 e. The summed E-state index contributed by atoms with van der Waals surface area (Å²) in [7, 11) is -0.612. The van der Waals surface area contributed by atoms with Crippen molar-refractivity contribution in [3.63, 3.8) is 0 Å². The second kappa shape index (κ2) is 4.54. The number of hydrogen-bond donors (Lipinski definition) is 1. The van der Waals surface area contributed by atoms with E-state index in [1.165, 1.54) is 12.8 Å². The lowest BCUT2D eigenvalue weighted by atomic mass is 9.80. The second-order valence-electron chi connectivity index (χ2n) is 5.69. The van der Waals surface area contributed by atoms with E-state index in [2.05, 4.69) is 26.1 Å². The van der Waals surface area contributed by atoms with Crippen molar-refractivity contribution < 1.29 is 4.21 Å². The van der Waals surface area contributed by atoms with Gasteiger partial charge in [0.05, 0.1) is 5.25 Å². The molecule has 0 aromatic rings. The van der Waals surface area contributed by atoms with Crippen LogP contribution < -0.4 is 5.32 Å². The lowest BCUT2D eigenvalue weighted by molar-refractivity contribution is 0.246. The van der Waals surface area contributed by atoms with Crippen molar-refractivity contribution >= 4 is 10.8 Å². The maximum absolute atomic E-state index is 12.2. The van der Waals surface area contributed by atoms with Crippen molar-refractivity contribution in [2.75, 3.05) is 12.3 Å². The first kappa shape index (κ1) is 11.6. The fraction of sp³-hybridized carbons (Fsp3) is 1.00.